The molecule has 2 rings (SSSR count). The number of rotatable bonds is 0. The van der Waals surface area contributed by atoms with Crippen LogP contribution >= 0.6 is 0 Å². The summed E-state index contributed by atoms with van der Waals surface area (Å²) in [5.41, 5.74) is 3.64. The third-order valence-electron chi connectivity index (χ3n) is 3.45. The van der Waals surface area contributed by atoms with Crippen molar-refractivity contribution in [1.82, 2.24) is 9.13 Å². The first-order chi connectivity index (χ1) is 8.82. The first-order valence-electron chi connectivity index (χ1n) is 6.16. The standard InChI is InChI=1S/C15H18N2O2/c1-9-6-10(2)8-12-13(11(3)7-9)14(18)17(5)15(19)16(12)4/h6-7H,2,8H2,1,3-5H3/b9-6-,11-7-. The Hall–Kier alpha value is -2.10. The molecule has 1 aliphatic carbocycles. The lowest BCUT2D eigenvalue weighted by Gasteiger charge is -2.18. The van der Waals surface area contributed by atoms with Crippen LogP contribution in [0, 0.1) is 0 Å². The zero-order chi connectivity index (χ0) is 14.3. The van der Waals surface area contributed by atoms with Crippen LogP contribution in [0.25, 0.3) is 5.57 Å². The van der Waals surface area contributed by atoms with Gasteiger partial charge in [0, 0.05) is 26.2 Å². The van der Waals surface area contributed by atoms with Crippen LogP contribution in [-0.2, 0) is 20.5 Å². The molecular weight excluding hydrogens is 240 g/mol. The van der Waals surface area contributed by atoms with Crippen molar-refractivity contribution in [1.29, 1.82) is 0 Å². The molecule has 100 valence electrons. The molecule has 0 saturated heterocycles. The number of fused-ring (bicyclic) bond motifs is 1. The van der Waals surface area contributed by atoms with Gasteiger partial charge in [-0.15, -0.1) is 0 Å². The van der Waals surface area contributed by atoms with Crippen molar-refractivity contribution in [3.63, 3.8) is 0 Å². The van der Waals surface area contributed by atoms with Gasteiger partial charge in [0.1, 0.15) is 0 Å². The van der Waals surface area contributed by atoms with Crippen molar-refractivity contribution >= 4 is 5.57 Å². The zero-order valence-electron chi connectivity index (χ0n) is 11.8. The van der Waals surface area contributed by atoms with Crippen LogP contribution in [0.4, 0.5) is 0 Å². The van der Waals surface area contributed by atoms with Crippen LogP contribution in [0.5, 0.6) is 0 Å². The van der Waals surface area contributed by atoms with Crippen molar-refractivity contribution in [3.05, 3.63) is 62.0 Å². The van der Waals surface area contributed by atoms with E-state index in [4.69, 9.17) is 0 Å². The fraction of sp³-hybridized carbons (Fsp3) is 0.333. The Balaban J connectivity index is 2.94. The van der Waals surface area contributed by atoms with Gasteiger partial charge in [-0.25, -0.2) is 4.79 Å². The van der Waals surface area contributed by atoms with Crippen LogP contribution in [0.1, 0.15) is 25.1 Å². The largest absolute Gasteiger partial charge is 0.330 e. The van der Waals surface area contributed by atoms with Crippen molar-refractivity contribution in [2.45, 2.75) is 20.3 Å². The average molecular weight is 258 g/mol. The van der Waals surface area contributed by atoms with E-state index in [1.807, 2.05) is 26.0 Å². The second-order valence-electron chi connectivity index (χ2n) is 5.08. The lowest BCUT2D eigenvalue weighted by molar-refractivity contribution is 0.653. The molecule has 19 heavy (non-hydrogen) atoms. The molecule has 0 fully saturated rings. The van der Waals surface area contributed by atoms with Crippen LogP contribution in [0.2, 0.25) is 0 Å². The van der Waals surface area contributed by atoms with Crippen molar-refractivity contribution in [2.75, 3.05) is 0 Å². The van der Waals surface area contributed by atoms with E-state index in [1.165, 1.54) is 11.6 Å². The highest BCUT2D eigenvalue weighted by Crippen LogP contribution is 2.22. The van der Waals surface area contributed by atoms with Crippen LogP contribution in [-0.4, -0.2) is 9.13 Å². The Labute approximate surface area is 112 Å². The van der Waals surface area contributed by atoms with Gasteiger partial charge in [0.15, 0.2) is 0 Å². The van der Waals surface area contributed by atoms with Crippen molar-refractivity contribution < 1.29 is 0 Å². The minimum Gasteiger partial charge on any atom is -0.300 e. The smallest absolute Gasteiger partial charge is 0.300 e. The number of allylic oxidation sites excluding steroid dienone is 5. The summed E-state index contributed by atoms with van der Waals surface area (Å²) in [6.07, 6.45) is 4.45. The molecule has 0 radical (unpaired) electrons. The van der Waals surface area contributed by atoms with E-state index in [-0.39, 0.29) is 11.2 Å². The van der Waals surface area contributed by atoms with E-state index in [1.54, 1.807) is 7.05 Å². The average Bonchev–Trinajstić information content (AvgIpc) is 2.31. The predicted octanol–water partition coefficient (Wildman–Crippen LogP) is 1.55. The summed E-state index contributed by atoms with van der Waals surface area (Å²) in [5, 5.41) is 0. The molecule has 1 aliphatic rings. The third kappa shape index (κ3) is 2.14. The Bertz CT molecular complexity index is 743. The Morgan fingerprint density at radius 1 is 1.11 bits per heavy atom. The molecule has 4 nitrogen and oxygen atoms in total. The van der Waals surface area contributed by atoms with E-state index >= 15 is 0 Å². The summed E-state index contributed by atoms with van der Waals surface area (Å²) in [6.45, 7) is 7.86. The molecule has 0 unspecified atom stereocenters. The Morgan fingerprint density at radius 3 is 2.37 bits per heavy atom. The van der Waals surface area contributed by atoms with E-state index in [9.17, 15) is 9.59 Å². The Kier molecular flexibility index (Phi) is 3.18. The first-order valence-corrected chi connectivity index (χ1v) is 6.16. The molecule has 1 aromatic rings. The lowest BCUT2D eigenvalue weighted by Crippen LogP contribution is -2.41. The highest BCUT2D eigenvalue weighted by atomic mass is 16.2. The number of hydrogen-bond acceptors (Lipinski definition) is 2. The fourth-order valence-electron chi connectivity index (χ4n) is 2.53. The molecule has 0 saturated carbocycles. The van der Waals surface area contributed by atoms with Gasteiger partial charge in [-0.2, -0.15) is 0 Å². The van der Waals surface area contributed by atoms with Gasteiger partial charge >= 0.3 is 5.69 Å². The van der Waals surface area contributed by atoms with Gasteiger partial charge in [0.05, 0.1) is 5.56 Å². The molecule has 4 heteroatoms. The minimum atomic E-state index is -0.300. The maximum absolute atomic E-state index is 12.3. The highest BCUT2D eigenvalue weighted by molar-refractivity contribution is 5.69. The molecular formula is C15H18N2O2. The van der Waals surface area contributed by atoms with Gasteiger partial charge in [-0.05, 0) is 25.0 Å². The second kappa shape index (κ2) is 4.53. The summed E-state index contributed by atoms with van der Waals surface area (Å²) < 4.78 is 2.69. The van der Waals surface area contributed by atoms with Gasteiger partial charge in [-0.3, -0.25) is 13.9 Å². The maximum atomic E-state index is 12.3. The summed E-state index contributed by atoms with van der Waals surface area (Å²) in [6, 6.07) is 0. The van der Waals surface area contributed by atoms with Gasteiger partial charge in [-0.1, -0.05) is 24.3 Å². The van der Waals surface area contributed by atoms with E-state index < -0.39 is 0 Å². The van der Waals surface area contributed by atoms with Crippen LogP contribution in [0.15, 0.2) is 39.5 Å². The SMILES string of the molecule is C=C1/C=C(C)\C=C(\C)c2c(n(C)c(=O)n(C)c2=O)C1. The lowest BCUT2D eigenvalue weighted by atomic mass is 9.96. The first kappa shape index (κ1) is 13.3. The highest BCUT2D eigenvalue weighted by Gasteiger charge is 2.18. The van der Waals surface area contributed by atoms with Gasteiger partial charge < -0.3 is 0 Å². The molecule has 0 aromatic carbocycles. The molecule has 1 heterocycles. The van der Waals surface area contributed by atoms with Gasteiger partial charge in [0.25, 0.3) is 5.56 Å². The van der Waals surface area contributed by atoms with E-state index in [0.717, 1.165) is 27.0 Å². The predicted molar refractivity (Wildman–Crippen MR) is 77.2 cm³/mol. The normalized spacial score (nSPS) is 20.7. The quantitative estimate of drug-likeness (QED) is 0.708. The zero-order valence-corrected chi connectivity index (χ0v) is 11.8. The maximum Gasteiger partial charge on any atom is 0.330 e. The number of hydrogen-bond donors (Lipinski definition) is 0. The number of aromatic nitrogens is 2. The Morgan fingerprint density at radius 2 is 1.74 bits per heavy atom. The summed E-state index contributed by atoms with van der Waals surface area (Å²) in [5.74, 6) is 0. The van der Waals surface area contributed by atoms with E-state index in [0.29, 0.717) is 12.0 Å². The summed E-state index contributed by atoms with van der Waals surface area (Å²) in [4.78, 5) is 24.3. The van der Waals surface area contributed by atoms with Crippen molar-refractivity contribution in [3.8, 4) is 0 Å². The van der Waals surface area contributed by atoms with Gasteiger partial charge in [0.2, 0.25) is 0 Å². The molecule has 0 aliphatic heterocycles. The fourth-order valence-corrected chi connectivity index (χ4v) is 2.53. The third-order valence-corrected chi connectivity index (χ3v) is 3.45. The number of nitrogens with zero attached hydrogens (tertiary/aromatic N) is 2. The second-order valence-corrected chi connectivity index (χ2v) is 5.08. The van der Waals surface area contributed by atoms with Crippen molar-refractivity contribution in [2.24, 2.45) is 14.1 Å². The molecule has 0 bridgehead atoms. The molecule has 0 N–H and O–H groups in total. The monoisotopic (exact) mass is 258 g/mol. The van der Waals surface area contributed by atoms with Crippen LogP contribution in [0.3, 0.4) is 0 Å². The van der Waals surface area contributed by atoms with E-state index in [2.05, 4.69) is 6.58 Å². The molecule has 1 aromatic heterocycles. The minimum absolute atomic E-state index is 0.241. The van der Waals surface area contributed by atoms with Crippen LogP contribution < -0.4 is 11.2 Å². The summed E-state index contributed by atoms with van der Waals surface area (Å²) in [7, 11) is 3.20. The summed E-state index contributed by atoms with van der Waals surface area (Å²) >= 11 is 0. The molecule has 0 spiro atoms. The molecule has 0 amide bonds. The molecule has 0 atom stereocenters. The topological polar surface area (TPSA) is 44.0 Å².